The molecule has 0 radical (unpaired) electrons. The number of unbranched alkanes of at least 4 members (excludes halogenated alkanes) is 4. The molecule has 0 heterocycles. The Morgan fingerprint density at radius 3 is 2.22 bits per heavy atom. The average molecular weight is 279 g/mol. The fraction of sp³-hybridized carbons (Fsp3) is 1.00. The lowest BCUT2D eigenvalue weighted by atomic mass is 10.0. The summed E-state index contributed by atoms with van der Waals surface area (Å²) in [6.45, 7) is 7.86. The lowest BCUT2D eigenvalue weighted by molar-refractivity contribution is 0.346. The van der Waals surface area contributed by atoms with Gasteiger partial charge in [-0.05, 0) is 27.2 Å². The fourth-order valence-electron chi connectivity index (χ4n) is 2.29. The van der Waals surface area contributed by atoms with Crippen molar-refractivity contribution in [3.8, 4) is 0 Å². The molecule has 1 atom stereocenters. The molecule has 0 spiro atoms. The standard InChI is InChI=1S/C13H29NO3S/c1-5-6-7-8-9-10-12(2)14-13(3,4)11-18(15,16)17/h12,14H,5-11H2,1-4H3,(H,15,16,17). The van der Waals surface area contributed by atoms with Gasteiger partial charge in [0.2, 0.25) is 0 Å². The highest BCUT2D eigenvalue weighted by Gasteiger charge is 2.25. The molecule has 4 nitrogen and oxygen atoms in total. The van der Waals surface area contributed by atoms with Crippen molar-refractivity contribution in [3.05, 3.63) is 0 Å². The Balaban J connectivity index is 3.88. The van der Waals surface area contributed by atoms with Crippen LogP contribution in [0.3, 0.4) is 0 Å². The smallest absolute Gasteiger partial charge is 0.266 e. The van der Waals surface area contributed by atoms with E-state index in [1.54, 1.807) is 13.8 Å². The highest BCUT2D eigenvalue weighted by atomic mass is 32.2. The van der Waals surface area contributed by atoms with Gasteiger partial charge in [0.15, 0.2) is 0 Å². The van der Waals surface area contributed by atoms with Crippen molar-refractivity contribution in [1.82, 2.24) is 5.32 Å². The van der Waals surface area contributed by atoms with Gasteiger partial charge in [0.05, 0.1) is 5.75 Å². The Morgan fingerprint density at radius 1 is 1.17 bits per heavy atom. The molecule has 0 aliphatic carbocycles. The van der Waals surface area contributed by atoms with E-state index in [1.165, 1.54) is 25.7 Å². The largest absolute Gasteiger partial charge is 0.308 e. The Kier molecular flexibility index (Phi) is 8.06. The first-order chi connectivity index (χ1) is 8.16. The topological polar surface area (TPSA) is 66.4 Å². The maximum absolute atomic E-state index is 10.9. The van der Waals surface area contributed by atoms with Crippen molar-refractivity contribution in [1.29, 1.82) is 0 Å². The zero-order valence-electron chi connectivity index (χ0n) is 12.2. The van der Waals surface area contributed by atoms with Crippen LogP contribution in [-0.4, -0.2) is 30.3 Å². The van der Waals surface area contributed by atoms with Crippen LogP contribution in [0.5, 0.6) is 0 Å². The second-order valence-electron chi connectivity index (χ2n) is 5.86. The third-order valence-electron chi connectivity index (χ3n) is 2.92. The maximum Gasteiger partial charge on any atom is 0.266 e. The van der Waals surface area contributed by atoms with Crippen LogP contribution in [0.2, 0.25) is 0 Å². The molecule has 1 unspecified atom stereocenters. The molecule has 0 fully saturated rings. The van der Waals surface area contributed by atoms with E-state index in [-0.39, 0.29) is 11.8 Å². The van der Waals surface area contributed by atoms with Crippen molar-refractivity contribution < 1.29 is 13.0 Å². The predicted molar refractivity (Wildman–Crippen MR) is 76.5 cm³/mol. The number of nitrogens with one attached hydrogen (secondary N) is 1. The molecule has 2 N–H and O–H groups in total. The molecule has 5 heteroatoms. The highest BCUT2D eigenvalue weighted by Crippen LogP contribution is 2.12. The molecule has 0 amide bonds. The number of hydrogen-bond acceptors (Lipinski definition) is 3. The first-order valence-electron chi connectivity index (χ1n) is 6.89. The fourth-order valence-corrected chi connectivity index (χ4v) is 3.29. The summed E-state index contributed by atoms with van der Waals surface area (Å²) < 4.78 is 30.6. The SMILES string of the molecule is CCCCCCCC(C)NC(C)(C)CS(=O)(=O)O. The Bertz CT molecular complexity index is 312. The van der Waals surface area contributed by atoms with Gasteiger partial charge >= 0.3 is 0 Å². The second kappa shape index (κ2) is 8.12. The minimum atomic E-state index is -3.92. The van der Waals surface area contributed by atoms with E-state index in [0.29, 0.717) is 0 Å². The summed E-state index contributed by atoms with van der Waals surface area (Å²) in [6.07, 6.45) is 7.25. The van der Waals surface area contributed by atoms with Crippen molar-refractivity contribution in [3.63, 3.8) is 0 Å². The van der Waals surface area contributed by atoms with Crippen molar-refractivity contribution in [2.75, 3.05) is 5.75 Å². The van der Waals surface area contributed by atoms with Gasteiger partial charge in [-0.15, -0.1) is 0 Å². The number of hydrogen-bond donors (Lipinski definition) is 2. The highest BCUT2D eigenvalue weighted by molar-refractivity contribution is 7.85. The first-order valence-corrected chi connectivity index (χ1v) is 8.50. The van der Waals surface area contributed by atoms with Gasteiger partial charge in [0.25, 0.3) is 10.1 Å². The van der Waals surface area contributed by atoms with Crippen LogP contribution in [0.1, 0.15) is 66.2 Å². The van der Waals surface area contributed by atoms with Gasteiger partial charge in [-0.3, -0.25) is 4.55 Å². The van der Waals surface area contributed by atoms with Crippen LogP contribution in [0.25, 0.3) is 0 Å². The molecule has 0 aliphatic heterocycles. The van der Waals surface area contributed by atoms with Gasteiger partial charge in [0.1, 0.15) is 0 Å². The molecular formula is C13H29NO3S. The molecule has 18 heavy (non-hydrogen) atoms. The monoisotopic (exact) mass is 279 g/mol. The van der Waals surface area contributed by atoms with Crippen LogP contribution < -0.4 is 5.32 Å². The zero-order valence-corrected chi connectivity index (χ0v) is 13.0. The van der Waals surface area contributed by atoms with Crippen LogP contribution in [0.4, 0.5) is 0 Å². The second-order valence-corrected chi connectivity index (χ2v) is 7.31. The molecule has 0 rings (SSSR count). The van der Waals surface area contributed by atoms with Crippen LogP contribution in [0.15, 0.2) is 0 Å². The lowest BCUT2D eigenvalue weighted by Gasteiger charge is -2.29. The van der Waals surface area contributed by atoms with E-state index in [4.69, 9.17) is 4.55 Å². The van der Waals surface area contributed by atoms with Crippen molar-refractivity contribution in [2.24, 2.45) is 0 Å². The summed E-state index contributed by atoms with van der Waals surface area (Å²) in [4.78, 5) is 0. The minimum absolute atomic E-state index is 0.250. The molecule has 0 aromatic rings. The normalized spacial score (nSPS) is 14.7. The summed E-state index contributed by atoms with van der Waals surface area (Å²) in [5, 5.41) is 3.26. The Labute approximate surface area is 112 Å². The molecule has 0 bridgehead atoms. The van der Waals surface area contributed by atoms with Crippen molar-refractivity contribution >= 4 is 10.1 Å². The molecular weight excluding hydrogens is 250 g/mol. The van der Waals surface area contributed by atoms with Gasteiger partial charge in [-0.1, -0.05) is 39.0 Å². The quantitative estimate of drug-likeness (QED) is 0.476. The average Bonchev–Trinajstić information content (AvgIpc) is 2.12. The van der Waals surface area contributed by atoms with Gasteiger partial charge < -0.3 is 5.32 Å². The zero-order chi connectivity index (χ0) is 14.2. The predicted octanol–water partition coefficient (Wildman–Crippen LogP) is 2.99. The van der Waals surface area contributed by atoms with E-state index in [1.807, 2.05) is 0 Å². The molecule has 0 saturated heterocycles. The van der Waals surface area contributed by atoms with Gasteiger partial charge in [-0.25, -0.2) is 0 Å². The molecule has 0 aromatic carbocycles. The van der Waals surface area contributed by atoms with E-state index in [0.717, 1.165) is 12.8 Å². The summed E-state index contributed by atoms with van der Waals surface area (Å²) in [5.41, 5.74) is -0.587. The van der Waals surface area contributed by atoms with Crippen LogP contribution in [0, 0.1) is 0 Å². The minimum Gasteiger partial charge on any atom is -0.308 e. The Hall–Kier alpha value is -0.130. The van der Waals surface area contributed by atoms with Crippen LogP contribution >= 0.6 is 0 Å². The van der Waals surface area contributed by atoms with E-state index >= 15 is 0 Å². The van der Waals surface area contributed by atoms with Crippen LogP contribution in [-0.2, 0) is 10.1 Å². The summed E-state index contributed by atoms with van der Waals surface area (Å²) in [5.74, 6) is -0.250. The van der Waals surface area contributed by atoms with E-state index in [2.05, 4.69) is 19.2 Å². The molecule has 0 aliphatic rings. The van der Waals surface area contributed by atoms with Gasteiger partial charge in [-0.2, -0.15) is 8.42 Å². The van der Waals surface area contributed by atoms with E-state index < -0.39 is 15.7 Å². The molecule has 110 valence electrons. The Morgan fingerprint density at radius 2 is 1.72 bits per heavy atom. The van der Waals surface area contributed by atoms with Gasteiger partial charge in [0, 0.05) is 11.6 Å². The maximum atomic E-state index is 10.9. The lowest BCUT2D eigenvalue weighted by Crippen LogP contribution is -2.49. The summed E-state index contributed by atoms with van der Waals surface area (Å²) >= 11 is 0. The third kappa shape index (κ3) is 11.0. The first kappa shape index (κ1) is 17.9. The third-order valence-corrected chi connectivity index (χ3v) is 4.01. The molecule has 0 aromatic heterocycles. The molecule has 0 saturated carbocycles. The number of rotatable bonds is 10. The summed E-state index contributed by atoms with van der Waals surface area (Å²) in [7, 11) is -3.92. The summed E-state index contributed by atoms with van der Waals surface area (Å²) in [6, 6.07) is 0.267. The van der Waals surface area contributed by atoms with E-state index in [9.17, 15) is 8.42 Å². The van der Waals surface area contributed by atoms with Crippen molar-refractivity contribution in [2.45, 2.75) is 77.8 Å².